The molecule has 13 heteroatoms. The Morgan fingerprint density at radius 1 is 1.30 bits per heavy atom. The minimum Gasteiger partial charge on any atom is -0.448 e. The average molecular weight is 477 g/mol. The molecule has 1 fully saturated rings. The zero-order valence-electron chi connectivity index (χ0n) is 15.7. The van der Waals surface area contributed by atoms with Crippen molar-refractivity contribution in [3.63, 3.8) is 0 Å². The highest BCUT2D eigenvalue weighted by Gasteiger charge is 2.29. The Kier molecular flexibility index (Phi) is 6.98. The molecule has 30 heavy (non-hydrogen) atoms. The predicted molar refractivity (Wildman–Crippen MR) is 108 cm³/mol. The summed E-state index contributed by atoms with van der Waals surface area (Å²) in [4.78, 5) is 30.9. The molecule has 0 spiro atoms. The van der Waals surface area contributed by atoms with Crippen molar-refractivity contribution in [3.8, 4) is 0 Å². The van der Waals surface area contributed by atoms with Gasteiger partial charge in [0.25, 0.3) is 5.91 Å². The van der Waals surface area contributed by atoms with Gasteiger partial charge < -0.3 is 19.8 Å². The van der Waals surface area contributed by atoms with Gasteiger partial charge in [0, 0.05) is 25.5 Å². The summed E-state index contributed by atoms with van der Waals surface area (Å²) in [5.74, 6) is -1.50. The van der Waals surface area contributed by atoms with Crippen molar-refractivity contribution in [3.05, 3.63) is 40.3 Å². The first-order chi connectivity index (χ1) is 14.2. The number of halogens is 2. The lowest BCUT2D eigenvalue weighted by Crippen LogP contribution is -2.40. The smallest absolute Gasteiger partial charge is 0.355 e. The van der Waals surface area contributed by atoms with Crippen molar-refractivity contribution in [1.82, 2.24) is 14.3 Å². The summed E-state index contributed by atoms with van der Waals surface area (Å²) in [5, 5.41) is 2.84. The Morgan fingerprint density at radius 2 is 2.00 bits per heavy atom. The Hall–Kier alpha value is -2.18. The Morgan fingerprint density at radius 3 is 2.67 bits per heavy atom. The third-order valence-electron chi connectivity index (χ3n) is 4.19. The Bertz CT molecular complexity index is 1050. The highest BCUT2D eigenvalue weighted by Crippen LogP contribution is 2.23. The van der Waals surface area contributed by atoms with Crippen molar-refractivity contribution >= 4 is 50.9 Å². The van der Waals surface area contributed by atoms with Crippen LogP contribution >= 0.6 is 23.2 Å². The van der Waals surface area contributed by atoms with Crippen molar-refractivity contribution in [2.75, 3.05) is 31.6 Å². The van der Waals surface area contributed by atoms with Gasteiger partial charge in [-0.1, -0.05) is 23.2 Å². The molecule has 2 aromatic rings. The van der Waals surface area contributed by atoms with Gasteiger partial charge in [-0.3, -0.25) is 4.79 Å². The van der Waals surface area contributed by atoms with E-state index in [1.54, 1.807) is 0 Å². The minimum atomic E-state index is -3.77. The quantitative estimate of drug-likeness (QED) is 0.608. The van der Waals surface area contributed by atoms with Gasteiger partial charge in [-0.05, 0) is 19.1 Å². The molecule has 0 bridgehead atoms. The largest absolute Gasteiger partial charge is 0.448 e. The molecular formula is C17H18Cl2N4O6S. The topological polar surface area (TPSA) is 131 Å². The van der Waals surface area contributed by atoms with E-state index in [4.69, 9.17) is 32.7 Å². The molecule has 1 saturated heterocycles. The fraction of sp³-hybridized carbons (Fsp3) is 0.353. The number of carbonyl (C=O) groups is 2. The van der Waals surface area contributed by atoms with Crippen LogP contribution in [0.15, 0.2) is 29.4 Å². The number of amides is 1. The van der Waals surface area contributed by atoms with Gasteiger partial charge in [-0.25, -0.2) is 18.2 Å². The SMILES string of the molecule is CC(OC(=O)c1cc(S(=O)(=O)N2CCOCC2)c[nH]1)C(=O)Nc1ncc(Cl)cc1Cl. The number of pyridine rings is 1. The van der Waals surface area contributed by atoms with E-state index in [1.807, 2.05) is 0 Å². The highest BCUT2D eigenvalue weighted by molar-refractivity contribution is 7.89. The molecule has 1 unspecified atom stereocenters. The first kappa shape index (κ1) is 22.5. The predicted octanol–water partition coefficient (Wildman–Crippen LogP) is 1.92. The first-order valence-corrected chi connectivity index (χ1v) is 11.0. The number of rotatable bonds is 6. The number of ether oxygens (including phenoxy) is 2. The van der Waals surface area contributed by atoms with Crippen LogP contribution in [0.4, 0.5) is 5.82 Å². The molecule has 2 aromatic heterocycles. The molecule has 10 nitrogen and oxygen atoms in total. The number of carbonyl (C=O) groups excluding carboxylic acids is 2. The summed E-state index contributed by atoms with van der Waals surface area (Å²) in [5.41, 5.74) is -0.107. The lowest BCUT2D eigenvalue weighted by Gasteiger charge is -2.25. The lowest BCUT2D eigenvalue weighted by atomic mass is 10.3. The second kappa shape index (κ2) is 9.31. The van der Waals surface area contributed by atoms with Gasteiger partial charge in [0.2, 0.25) is 10.0 Å². The molecule has 0 aliphatic carbocycles. The lowest BCUT2D eigenvalue weighted by molar-refractivity contribution is -0.123. The molecule has 0 saturated carbocycles. The van der Waals surface area contributed by atoms with Crippen LogP contribution in [0.1, 0.15) is 17.4 Å². The van der Waals surface area contributed by atoms with E-state index in [0.717, 1.165) is 6.07 Å². The van der Waals surface area contributed by atoms with Gasteiger partial charge >= 0.3 is 5.97 Å². The maximum atomic E-state index is 12.6. The van der Waals surface area contributed by atoms with Crippen molar-refractivity contribution in [2.45, 2.75) is 17.9 Å². The van der Waals surface area contributed by atoms with Crippen LogP contribution in [-0.4, -0.2) is 67.0 Å². The van der Waals surface area contributed by atoms with Crippen LogP contribution in [-0.2, 0) is 24.3 Å². The Balaban J connectivity index is 1.63. The van der Waals surface area contributed by atoms with E-state index in [1.165, 1.54) is 29.7 Å². The highest BCUT2D eigenvalue weighted by atomic mass is 35.5. The number of morpholine rings is 1. The molecule has 0 radical (unpaired) electrons. The third kappa shape index (κ3) is 5.10. The van der Waals surface area contributed by atoms with Crippen LogP contribution in [0.3, 0.4) is 0 Å². The summed E-state index contributed by atoms with van der Waals surface area (Å²) in [6, 6.07) is 2.56. The first-order valence-electron chi connectivity index (χ1n) is 8.77. The normalized spacial score (nSPS) is 16.1. The number of anilines is 1. The van der Waals surface area contributed by atoms with Crippen LogP contribution in [0.25, 0.3) is 0 Å². The van der Waals surface area contributed by atoms with Crippen molar-refractivity contribution in [2.24, 2.45) is 0 Å². The van der Waals surface area contributed by atoms with E-state index in [9.17, 15) is 18.0 Å². The number of hydrogen-bond acceptors (Lipinski definition) is 7. The fourth-order valence-electron chi connectivity index (χ4n) is 2.58. The third-order valence-corrected chi connectivity index (χ3v) is 6.56. The zero-order valence-corrected chi connectivity index (χ0v) is 18.1. The number of H-pyrrole nitrogens is 1. The van der Waals surface area contributed by atoms with Gasteiger partial charge in [0.15, 0.2) is 11.9 Å². The molecule has 162 valence electrons. The average Bonchev–Trinajstić information content (AvgIpc) is 3.22. The molecule has 2 N–H and O–H groups in total. The molecular weight excluding hydrogens is 459 g/mol. The number of aromatic nitrogens is 2. The van der Waals surface area contributed by atoms with E-state index in [2.05, 4.69) is 15.3 Å². The standard InChI is InChI=1S/C17H18Cl2N4O6S/c1-10(16(24)22-15-13(19)6-11(18)8-21-15)29-17(25)14-7-12(9-20-14)30(26,27)23-2-4-28-5-3-23/h6-10,20H,2-5H2,1H3,(H,21,22,24). The van der Waals surface area contributed by atoms with Crippen LogP contribution in [0.2, 0.25) is 10.0 Å². The Labute approximate surface area is 182 Å². The number of sulfonamides is 1. The summed E-state index contributed by atoms with van der Waals surface area (Å²) >= 11 is 11.7. The number of aromatic amines is 1. The molecule has 1 atom stereocenters. The maximum absolute atomic E-state index is 12.6. The number of esters is 1. The fourth-order valence-corrected chi connectivity index (χ4v) is 4.41. The summed E-state index contributed by atoms with van der Waals surface area (Å²) in [7, 11) is -3.77. The monoisotopic (exact) mass is 476 g/mol. The van der Waals surface area contributed by atoms with Crippen molar-refractivity contribution in [1.29, 1.82) is 0 Å². The van der Waals surface area contributed by atoms with Crippen molar-refractivity contribution < 1.29 is 27.5 Å². The van der Waals surface area contributed by atoms with Gasteiger partial charge in [-0.2, -0.15) is 4.31 Å². The maximum Gasteiger partial charge on any atom is 0.355 e. The van der Waals surface area contributed by atoms with E-state index < -0.39 is 28.0 Å². The summed E-state index contributed by atoms with van der Waals surface area (Å²) in [6.45, 7) is 2.41. The molecule has 3 rings (SSSR count). The minimum absolute atomic E-state index is 0.0627. The summed E-state index contributed by atoms with van der Waals surface area (Å²) in [6.07, 6.45) is 1.30. The van der Waals surface area contributed by atoms with Gasteiger partial charge in [-0.15, -0.1) is 0 Å². The molecule has 1 aliphatic heterocycles. The number of nitrogens with one attached hydrogen (secondary N) is 2. The molecule has 3 heterocycles. The zero-order chi connectivity index (χ0) is 21.9. The van der Waals surface area contributed by atoms with Crippen LogP contribution in [0, 0.1) is 0 Å². The van der Waals surface area contributed by atoms with E-state index in [-0.39, 0.29) is 34.5 Å². The summed E-state index contributed by atoms with van der Waals surface area (Å²) < 4.78 is 36.8. The van der Waals surface area contributed by atoms with Gasteiger partial charge in [0.05, 0.1) is 23.3 Å². The second-order valence-corrected chi connectivity index (χ2v) is 9.07. The van der Waals surface area contributed by atoms with E-state index >= 15 is 0 Å². The van der Waals surface area contributed by atoms with Crippen LogP contribution in [0.5, 0.6) is 0 Å². The number of hydrogen-bond donors (Lipinski definition) is 2. The van der Waals surface area contributed by atoms with E-state index in [0.29, 0.717) is 18.2 Å². The molecule has 1 aliphatic rings. The second-order valence-electron chi connectivity index (χ2n) is 6.29. The van der Waals surface area contributed by atoms with Gasteiger partial charge in [0.1, 0.15) is 10.6 Å². The molecule has 1 amide bonds. The van der Waals surface area contributed by atoms with Crippen LogP contribution < -0.4 is 5.32 Å². The molecule has 0 aromatic carbocycles. The number of nitrogens with zero attached hydrogens (tertiary/aromatic N) is 2.